The lowest BCUT2D eigenvalue weighted by molar-refractivity contribution is 0.0653. The van der Waals surface area contributed by atoms with Crippen LogP contribution >= 0.6 is 0 Å². The Morgan fingerprint density at radius 2 is 2.29 bits per heavy atom. The van der Waals surface area contributed by atoms with Gasteiger partial charge in [-0.15, -0.1) is 0 Å². The standard InChI is InChI=1S/C15H18N4O2/c1-10-3-5-19-13(7-10)17-9-12(15(19)21)14(20)18-6-4-16-8-11(18)2/h3,5,7,9,11,16H,4,6,8H2,1-2H3. The summed E-state index contributed by atoms with van der Waals surface area (Å²) >= 11 is 0. The van der Waals surface area contributed by atoms with Crippen LogP contribution in [0.1, 0.15) is 22.8 Å². The molecular formula is C15H18N4O2. The number of nitrogens with one attached hydrogen (secondary N) is 1. The Bertz CT molecular complexity index is 753. The second-order valence-corrected chi connectivity index (χ2v) is 5.46. The largest absolute Gasteiger partial charge is 0.333 e. The Hall–Kier alpha value is -2.21. The first-order valence-electron chi connectivity index (χ1n) is 7.07. The van der Waals surface area contributed by atoms with E-state index in [-0.39, 0.29) is 23.1 Å². The minimum atomic E-state index is -0.310. The molecule has 1 aliphatic heterocycles. The third-order valence-corrected chi connectivity index (χ3v) is 3.86. The predicted molar refractivity (Wildman–Crippen MR) is 79.6 cm³/mol. The summed E-state index contributed by atoms with van der Waals surface area (Å²) in [5.74, 6) is -0.239. The van der Waals surface area contributed by atoms with Crippen LogP contribution in [0.5, 0.6) is 0 Å². The minimum Gasteiger partial charge on any atom is -0.333 e. The highest BCUT2D eigenvalue weighted by Crippen LogP contribution is 2.08. The second-order valence-electron chi connectivity index (χ2n) is 5.46. The number of piperazine rings is 1. The summed E-state index contributed by atoms with van der Waals surface area (Å²) in [4.78, 5) is 31.1. The molecule has 2 aromatic rings. The van der Waals surface area contributed by atoms with Crippen molar-refractivity contribution in [3.63, 3.8) is 0 Å². The molecule has 1 unspecified atom stereocenters. The molecule has 3 heterocycles. The second kappa shape index (κ2) is 5.29. The van der Waals surface area contributed by atoms with Crippen molar-refractivity contribution in [1.29, 1.82) is 0 Å². The summed E-state index contributed by atoms with van der Waals surface area (Å²) in [5, 5.41) is 3.23. The first-order chi connectivity index (χ1) is 10.1. The van der Waals surface area contributed by atoms with Gasteiger partial charge in [0.15, 0.2) is 0 Å². The molecule has 3 rings (SSSR count). The molecule has 110 valence electrons. The Labute approximate surface area is 122 Å². The van der Waals surface area contributed by atoms with Gasteiger partial charge in [-0.05, 0) is 31.5 Å². The Morgan fingerprint density at radius 3 is 3.05 bits per heavy atom. The molecule has 0 radical (unpaired) electrons. The van der Waals surface area contributed by atoms with Gasteiger partial charge in [-0.2, -0.15) is 0 Å². The van der Waals surface area contributed by atoms with Crippen molar-refractivity contribution < 1.29 is 4.79 Å². The van der Waals surface area contributed by atoms with E-state index in [4.69, 9.17) is 0 Å². The number of aryl methyl sites for hydroxylation is 1. The summed E-state index contributed by atoms with van der Waals surface area (Å²) in [7, 11) is 0. The number of fused-ring (bicyclic) bond motifs is 1. The van der Waals surface area contributed by atoms with E-state index in [1.165, 1.54) is 10.6 Å². The quantitative estimate of drug-likeness (QED) is 0.826. The molecule has 6 nitrogen and oxygen atoms in total. The smallest absolute Gasteiger partial charge is 0.270 e. The monoisotopic (exact) mass is 286 g/mol. The van der Waals surface area contributed by atoms with Gasteiger partial charge in [-0.3, -0.25) is 14.0 Å². The molecule has 1 fully saturated rings. The lowest BCUT2D eigenvalue weighted by Crippen LogP contribution is -2.53. The van der Waals surface area contributed by atoms with E-state index in [0.29, 0.717) is 12.2 Å². The van der Waals surface area contributed by atoms with E-state index in [1.54, 1.807) is 11.1 Å². The van der Waals surface area contributed by atoms with Crippen LogP contribution in [-0.2, 0) is 0 Å². The average molecular weight is 286 g/mol. The molecule has 1 saturated heterocycles. The zero-order valence-electron chi connectivity index (χ0n) is 12.2. The van der Waals surface area contributed by atoms with Gasteiger partial charge in [-0.1, -0.05) is 0 Å². The average Bonchev–Trinajstić information content (AvgIpc) is 2.47. The van der Waals surface area contributed by atoms with Gasteiger partial charge in [0.25, 0.3) is 11.5 Å². The highest BCUT2D eigenvalue weighted by Gasteiger charge is 2.26. The number of nitrogens with zero attached hydrogens (tertiary/aromatic N) is 3. The molecule has 1 atom stereocenters. The Morgan fingerprint density at radius 1 is 1.48 bits per heavy atom. The first-order valence-corrected chi connectivity index (χ1v) is 7.07. The van der Waals surface area contributed by atoms with Gasteiger partial charge in [-0.25, -0.2) is 4.98 Å². The van der Waals surface area contributed by atoms with Crippen LogP contribution in [0.3, 0.4) is 0 Å². The predicted octanol–water partition coefficient (Wildman–Crippen LogP) is 0.437. The van der Waals surface area contributed by atoms with E-state index in [1.807, 2.05) is 26.0 Å². The van der Waals surface area contributed by atoms with Crippen LogP contribution in [0.25, 0.3) is 5.65 Å². The van der Waals surface area contributed by atoms with Gasteiger partial charge >= 0.3 is 0 Å². The molecule has 0 saturated carbocycles. The van der Waals surface area contributed by atoms with Gasteiger partial charge in [0.2, 0.25) is 0 Å². The van der Waals surface area contributed by atoms with Crippen molar-refractivity contribution in [2.24, 2.45) is 0 Å². The summed E-state index contributed by atoms with van der Waals surface area (Å²) in [6.07, 6.45) is 3.06. The Balaban J connectivity index is 2.04. The zero-order chi connectivity index (χ0) is 15.0. The topological polar surface area (TPSA) is 66.7 Å². The van der Waals surface area contributed by atoms with Gasteiger partial charge in [0.05, 0.1) is 0 Å². The van der Waals surface area contributed by atoms with Crippen molar-refractivity contribution in [3.8, 4) is 0 Å². The molecule has 2 aromatic heterocycles. The van der Waals surface area contributed by atoms with Crippen LogP contribution in [0, 0.1) is 6.92 Å². The number of carbonyl (C=O) groups excluding carboxylic acids is 1. The van der Waals surface area contributed by atoms with Crippen molar-refractivity contribution in [2.75, 3.05) is 19.6 Å². The number of hydrogen-bond acceptors (Lipinski definition) is 4. The molecule has 1 N–H and O–H groups in total. The molecule has 0 spiro atoms. The molecule has 21 heavy (non-hydrogen) atoms. The fourth-order valence-electron chi connectivity index (χ4n) is 2.62. The van der Waals surface area contributed by atoms with Crippen LogP contribution in [0.4, 0.5) is 0 Å². The van der Waals surface area contributed by atoms with E-state index in [2.05, 4.69) is 10.3 Å². The molecule has 0 aliphatic carbocycles. The highest BCUT2D eigenvalue weighted by atomic mass is 16.2. The summed E-state index contributed by atoms with van der Waals surface area (Å²) in [6.45, 7) is 6.01. The van der Waals surface area contributed by atoms with Crippen molar-refractivity contribution in [1.82, 2.24) is 19.6 Å². The third kappa shape index (κ3) is 2.42. The maximum atomic E-state index is 12.6. The fourth-order valence-corrected chi connectivity index (χ4v) is 2.62. The number of carbonyl (C=O) groups is 1. The Kier molecular flexibility index (Phi) is 3.47. The molecule has 1 aliphatic rings. The van der Waals surface area contributed by atoms with Crippen LogP contribution in [0.2, 0.25) is 0 Å². The maximum absolute atomic E-state index is 12.6. The van der Waals surface area contributed by atoms with Crippen molar-refractivity contribution in [3.05, 3.63) is 46.0 Å². The molecule has 6 heteroatoms. The molecule has 0 bridgehead atoms. The number of hydrogen-bond donors (Lipinski definition) is 1. The summed E-state index contributed by atoms with van der Waals surface area (Å²) in [5.41, 5.74) is 1.41. The van der Waals surface area contributed by atoms with Gasteiger partial charge < -0.3 is 10.2 Å². The molecular weight excluding hydrogens is 268 g/mol. The van der Waals surface area contributed by atoms with Crippen molar-refractivity contribution >= 4 is 11.6 Å². The van der Waals surface area contributed by atoms with Crippen LogP contribution in [0.15, 0.2) is 29.3 Å². The number of amides is 1. The van der Waals surface area contributed by atoms with Crippen molar-refractivity contribution in [2.45, 2.75) is 19.9 Å². The lowest BCUT2D eigenvalue weighted by Gasteiger charge is -2.33. The third-order valence-electron chi connectivity index (χ3n) is 3.86. The summed E-state index contributed by atoms with van der Waals surface area (Å²) < 4.78 is 1.42. The number of aromatic nitrogens is 2. The fraction of sp³-hybridized carbons (Fsp3) is 0.400. The minimum absolute atomic E-state index is 0.0735. The van der Waals surface area contributed by atoms with Gasteiger partial charge in [0, 0.05) is 38.1 Å². The SMILES string of the molecule is Cc1ccn2c(=O)c(C(=O)N3CCNCC3C)cnc2c1. The van der Waals surface area contributed by atoms with E-state index in [9.17, 15) is 9.59 Å². The highest BCUT2D eigenvalue weighted by molar-refractivity contribution is 5.94. The lowest BCUT2D eigenvalue weighted by atomic mass is 10.1. The van der Waals surface area contributed by atoms with E-state index >= 15 is 0 Å². The van der Waals surface area contributed by atoms with Gasteiger partial charge in [0.1, 0.15) is 11.2 Å². The number of rotatable bonds is 1. The zero-order valence-corrected chi connectivity index (χ0v) is 12.2. The van der Waals surface area contributed by atoms with Crippen LogP contribution < -0.4 is 10.9 Å². The first kappa shape index (κ1) is 13.8. The molecule has 0 aromatic carbocycles. The molecule has 1 amide bonds. The summed E-state index contributed by atoms with van der Waals surface area (Å²) in [6, 6.07) is 3.73. The van der Waals surface area contributed by atoms with E-state index in [0.717, 1.165) is 18.7 Å². The maximum Gasteiger partial charge on any atom is 0.270 e. The normalized spacial score (nSPS) is 19.0. The van der Waals surface area contributed by atoms with Crippen LogP contribution in [-0.4, -0.2) is 45.9 Å². The number of pyridine rings is 1. The van der Waals surface area contributed by atoms with E-state index < -0.39 is 0 Å².